The quantitative estimate of drug-likeness (QED) is 0.208. The number of fused-ring (bicyclic) bond motifs is 1. The van der Waals surface area contributed by atoms with Crippen LogP contribution >= 0.6 is 0 Å². The molecule has 0 spiro atoms. The smallest absolute Gasteiger partial charge is 0.338 e. The second-order valence-corrected chi connectivity index (χ2v) is 8.67. The number of aryl methyl sites for hydroxylation is 1. The van der Waals surface area contributed by atoms with Gasteiger partial charge in [0.25, 0.3) is 5.91 Å². The average molecular weight is 534 g/mol. The summed E-state index contributed by atoms with van der Waals surface area (Å²) in [5.74, 6) is -0.358. The van der Waals surface area contributed by atoms with Gasteiger partial charge in [-0.2, -0.15) is 5.10 Å². The number of rotatable bonds is 10. The molecule has 0 aliphatic carbocycles. The third-order valence-corrected chi connectivity index (χ3v) is 6.20. The highest BCUT2D eigenvalue weighted by Crippen LogP contribution is 2.34. The van der Waals surface area contributed by atoms with Gasteiger partial charge in [0.1, 0.15) is 0 Å². The van der Waals surface area contributed by atoms with Gasteiger partial charge in [-0.05, 0) is 44.5 Å². The molecule has 1 aliphatic rings. The fourth-order valence-electron chi connectivity index (χ4n) is 4.40. The summed E-state index contributed by atoms with van der Waals surface area (Å²) in [6, 6.07) is 11.7. The summed E-state index contributed by atoms with van der Waals surface area (Å²) in [4.78, 5) is 37.1. The number of benzene rings is 2. The van der Waals surface area contributed by atoms with Gasteiger partial charge >= 0.3 is 12.0 Å². The number of hydrogen-bond donors (Lipinski definition) is 3. The fraction of sp³-hybridized carbons (Fsp3) is 0.286. The lowest BCUT2D eigenvalue weighted by atomic mass is 9.95. The second kappa shape index (κ2) is 12.2. The van der Waals surface area contributed by atoms with Gasteiger partial charge in [0.15, 0.2) is 18.1 Å². The topological polar surface area (TPSA) is 132 Å². The maximum Gasteiger partial charge on any atom is 0.338 e. The van der Waals surface area contributed by atoms with Crippen molar-refractivity contribution in [2.24, 2.45) is 5.10 Å². The first-order chi connectivity index (χ1) is 18.9. The molecule has 0 saturated heterocycles. The minimum absolute atomic E-state index is 0.195. The predicted molar refractivity (Wildman–Crippen MR) is 146 cm³/mol. The fourth-order valence-corrected chi connectivity index (χ4v) is 4.40. The van der Waals surface area contributed by atoms with E-state index in [-0.39, 0.29) is 18.8 Å². The SMILES string of the molecule is CCOC(=O)C1=C(C)NC(=O)N[C@@H]1c1ccc(OCC(=O)N/N=C/c2cn(CC)c3ccccc23)c(OC)c1. The number of hydrogen-bond acceptors (Lipinski definition) is 7. The van der Waals surface area contributed by atoms with Crippen molar-refractivity contribution in [1.82, 2.24) is 20.6 Å². The van der Waals surface area contributed by atoms with Crippen LogP contribution in [0.15, 0.2) is 65.0 Å². The molecule has 1 aliphatic heterocycles. The number of methoxy groups -OCH3 is 1. The van der Waals surface area contributed by atoms with E-state index in [0.29, 0.717) is 22.8 Å². The van der Waals surface area contributed by atoms with Crippen LogP contribution in [-0.4, -0.2) is 49.0 Å². The van der Waals surface area contributed by atoms with E-state index in [2.05, 4.69) is 32.7 Å². The van der Waals surface area contributed by atoms with Crippen molar-refractivity contribution in [3.63, 3.8) is 0 Å². The van der Waals surface area contributed by atoms with Gasteiger partial charge in [-0.25, -0.2) is 15.0 Å². The van der Waals surface area contributed by atoms with E-state index in [1.165, 1.54) is 7.11 Å². The van der Waals surface area contributed by atoms with E-state index >= 15 is 0 Å². The third kappa shape index (κ3) is 6.03. The zero-order valence-electron chi connectivity index (χ0n) is 22.2. The van der Waals surface area contributed by atoms with Crippen molar-refractivity contribution in [2.75, 3.05) is 20.3 Å². The van der Waals surface area contributed by atoms with Crippen LogP contribution in [0.3, 0.4) is 0 Å². The van der Waals surface area contributed by atoms with Gasteiger partial charge in [-0.15, -0.1) is 0 Å². The average Bonchev–Trinajstić information content (AvgIpc) is 3.29. The molecule has 3 aromatic rings. The van der Waals surface area contributed by atoms with E-state index in [0.717, 1.165) is 23.0 Å². The first-order valence-electron chi connectivity index (χ1n) is 12.5. The standard InChI is InChI=1S/C28H31N5O6/c1-5-33-15-19(20-9-7-8-10-21(20)33)14-29-32-24(34)16-39-22-12-11-18(13-23(22)37-4)26-25(27(35)38-6-2)17(3)30-28(36)31-26/h7-15,26H,5-6,16H2,1-4H3,(H,32,34)(H2,30,31,36)/b29-14+/t26-/m1/s1. The lowest BCUT2D eigenvalue weighted by Gasteiger charge is -2.28. The number of aromatic nitrogens is 1. The van der Waals surface area contributed by atoms with Crippen LogP contribution in [0.4, 0.5) is 4.79 Å². The Balaban J connectivity index is 1.43. The summed E-state index contributed by atoms with van der Waals surface area (Å²) in [6.07, 6.45) is 3.59. The number of ether oxygens (including phenoxy) is 3. The molecule has 0 fully saturated rings. The molecule has 1 atom stereocenters. The monoisotopic (exact) mass is 533 g/mol. The van der Waals surface area contributed by atoms with Gasteiger partial charge in [0.2, 0.25) is 0 Å². The number of urea groups is 1. The number of para-hydroxylation sites is 1. The van der Waals surface area contributed by atoms with E-state index < -0.39 is 23.9 Å². The van der Waals surface area contributed by atoms with Crippen molar-refractivity contribution in [3.05, 3.63) is 71.1 Å². The Kier molecular flexibility index (Phi) is 8.50. The molecule has 3 amide bonds. The summed E-state index contributed by atoms with van der Waals surface area (Å²) in [5, 5.41) is 10.5. The Labute approximate surface area is 225 Å². The molecule has 11 nitrogen and oxygen atoms in total. The number of nitrogens with zero attached hydrogens (tertiary/aromatic N) is 2. The minimum Gasteiger partial charge on any atom is -0.493 e. The number of carbonyl (C=O) groups is 3. The number of amides is 3. The van der Waals surface area contributed by atoms with Crippen LogP contribution in [0.2, 0.25) is 0 Å². The maximum atomic E-state index is 12.6. The number of hydrazone groups is 1. The van der Waals surface area contributed by atoms with E-state index in [1.54, 1.807) is 38.3 Å². The lowest BCUT2D eigenvalue weighted by Crippen LogP contribution is -2.45. The Hall–Kier alpha value is -4.80. The molecule has 0 saturated carbocycles. The van der Waals surface area contributed by atoms with Crippen molar-refractivity contribution in [2.45, 2.75) is 33.4 Å². The maximum absolute atomic E-state index is 12.6. The highest BCUT2D eigenvalue weighted by molar-refractivity contribution is 5.99. The molecule has 0 bridgehead atoms. The summed E-state index contributed by atoms with van der Waals surface area (Å²) in [6.45, 7) is 6.11. The number of esters is 1. The normalized spacial score (nSPS) is 15.2. The van der Waals surface area contributed by atoms with E-state index in [4.69, 9.17) is 14.2 Å². The first kappa shape index (κ1) is 27.2. The van der Waals surface area contributed by atoms with Crippen LogP contribution in [0.5, 0.6) is 11.5 Å². The molecule has 3 N–H and O–H groups in total. The van der Waals surface area contributed by atoms with Gasteiger partial charge in [0.05, 0.1) is 31.5 Å². The largest absolute Gasteiger partial charge is 0.493 e. The van der Waals surface area contributed by atoms with Crippen LogP contribution in [0.25, 0.3) is 10.9 Å². The number of allylic oxidation sites excluding steroid dienone is 1. The number of carbonyl (C=O) groups excluding carboxylic acids is 3. The minimum atomic E-state index is -0.753. The van der Waals surface area contributed by atoms with Crippen molar-refractivity contribution in [1.29, 1.82) is 0 Å². The van der Waals surface area contributed by atoms with Crippen molar-refractivity contribution >= 4 is 35.0 Å². The van der Waals surface area contributed by atoms with Gasteiger partial charge in [0, 0.05) is 34.9 Å². The first-order valence-corrected chi connectivity index (χ1v) is 12.5. The molecule has 0 radical (unpaired) electrons. The summed E-state index contributed by atoms with van der Waals surface area (Å²) in [5.41, 5.74) is 5.73. The van der Waals surface area contributed by atoms with E-state index in [1.807, 2.05) is 30.5 Å². The summed E-state index contributed by atoms with van der Waals surface area (Å²) >= 11 is 0. The summed E-state index contributed by atoms with van der Waals surface area (Å²) in [7, 11) is 1.46. The molecule has 2 heterocycles. The molecule has 1 aromatic heterocycles. The zero-order chi connectivity index (χ0) is 27.9. The molecule has 39 heavy (non-hydrogen) atoms. The van der Waals surface area contributed by atoms with Gasteiger partial charge in [-0.1, -0.05) is 24.3 Å². The van der Waals surface area contributed by atoms with E-state index in [9.17, 15) is 14.4 Å². The van der Waals surface area contributed by atoms with Crippen LogP contribution in [0, 0.1) is 0 Å². The Morgan fingerprint density at radius 2 is 1.95 bits per heavy atom. The molecular formula is C28H31N5O6. The zero-order valence-corrected chi connectivity index (χ0v) is 22.2. The van der Waals surface area contributed by atoms with Crippen molar-refractivity contribution in [3.8, 4) is 11.5 Å². The molecule has 11 heteroatoms. The number of nitrogens with one attached hydrogen (secondary N) is 3. The van der Waals surface area contributed by atoms with Gasteiger partial charge < -0.3 is 29.4 Å². The molecule has 4 rings (SSSR count). The summed E-state index contributed by atoms with van der Waals surface area (Å²) < 4.78 is 18.4. The second-order valence-electron chi connectivity index (χ2n) is 8.67. The molecule has 204 valence electrons. The molecular weight excluding hydrogens is 502 g/mol. The molecule has 2 aromatic carbocycles. The lowest BCUT2D eigenvalue weighted by molar-refractivity contribution is -0.139. The van der Waals surface area contributed by atoms with Crippen LogP contribution in [0.1, 0.15) is 37.9 Å². The highest BCUT2D eigenvalue weighted by Gasteiger charge is 2.32. The predicted octanol–water partition coefficient (Wildman–Crippen LogP) is 3.39. The van der Waals surface area contributed by atoms with Crippen molar-refractivity contribution < 1.29 is 28.6 Å². The molecule has 0 unspecified atom stereocenters. The third-order valence-electron chi connectivity index (χ3n) is 6.20. The Morgan fingerprint density at radius 3 is 2.69 bits per heavy atom. The van der Waals surface area contributed by atoms with Crippen LogP contribution < -0.4 is 25.5 Å². The van der Waals surface area contributed by atoms with Gasteiger partial charge in [-0.3, -0.25) is 4.79 Å². The highest BCUT2D eigenvalue weighted by atomic mass is 16.5. The Bertz CT molecular complexity index is 1460. The Morgan fingerprint density at radius 1 is 1.15 bits per heavy atom. The van der Waals surface area contributed by atoms with Crippen LogP contribution in [-0.2, 0) is 20.9 Å².